The lowest BCUT2D eigenvalue weighted by Gasteiger charge is -2.16. The summed E-state index contributed by atoms with van der Waals surface area (Å²) in [5, 5.41) is 18.2. The maximum Gasteiger partial charge on any atom is 0.326 e. The lowest BCUT2D eigenvalue weighted by molar-refractivity contribution is 0.454. The number of anilines is 2. The predicted molar refractivity (Wildman–Crippen MR) is 136 cm³/mol. The van der Waals surface area contributed by atoms with E-state index in [4.69, 9.17) is 9.98 Å². The molecule has 0 spiro atoms. The average molecular weight is 523 g/mol. The molecule has 2 aliphatic rings. The molecular formula is C24H26N8O4S. The molecule has 0 amide bonds. The van der Waals surface area contributed by atoms with Crippen LogP contribution in [0.4, 0.5) is 11.5 Å². The fourth-order valence-electron chi connectivity index (χ4n) is 4.37. The molecule has 0 radical (unpaired) electrons. The number of aromatic hydroxyl groups is 1. The number of aromatic nitrogens is 5. The summed E-state index contributed by atoms with van der Waals surface area (Å²) in [5.74, 6) is 0.739. The molecule has 0 atom stereocenters. The third kappa shape index (κ3) is 4.74. The van der Waals surface area contributed by atoms with Gasteiger partial charge in [0.05, 0.1) is 11.1 Å². The highest BCUT2D eigenvalue weighted by molar-refractivity contribution is 7.89. The zero-order chi connectivity index (χ0) is 25.6. The van der Waals surface area contributed by atoms with E-state index < -0.39 is 15.7 Å². The van der Waals surface area contributed by atoms with E-state index in [9.17, 15) is 18.3 Å². The van der Waals surface area contributed by atoms with Gasteiger partial charge in [-0.05, 0) is 55.9 Å². The van der Waals surface area contributed by atoms with Gasteiger partial charge in [-0.3, -0.25) is 9.98 Å². The van der Waals surface area contributed by atoms with Gasteiger partial charge in [0.15, 0.2) is 11.1 Å². The van der Waals surface area contributed by atoms with Gasteiger partial charge in [0.25, 0.3) is 0 Å². The first-order valence-electron chi connectivity index (χ1n) is 12.2. The highest BCUT2D eigenvalue weighted by atomic mass is 32.2. The fourth-order valence-corrected chi connectivity index (χ4v) is 5.94. The number of nitrogens with one attached hydrogen (secondary N) is 3. The number of hydrogen-bond acceptors (Lipinski definition) is 8. The van der Waals surface area contributed by atoms with E-state index in [1.807, 2.05) is 0 Å². The second-order valence-corrected chi connectivity index (χ2v) is 11.3. The van der Waals surface area contributed by atoms with Crippen molar-refractivity contribution in [3.8, 4) is 5.88 Å². The molecule has 4 N–H and O–H groups in total. The Morgan fingerprint density at radius 3 is 2.73 bits per heavy atom. The molecule has 1 aromatic carbocycles. The Balaban J connectivity index is 1.41. The average Bonchev–Trinajstić information content (AvgIpc) is 3.22. The molecule has 12 nitrogen and oxygen atoms in total. The molecule has 4 heterocycles. The largest absolute Gasteiger partial charge is 0.493 e. The Kier molecular flexibility index (Phi) is 5.80. The second kappa shape index (κ2) is 9.16. The van der Waals surface area contributed by atoms with Crippen molar-refractivity contribution < 1.29 is 13.5 Å². The quantitative estimate of drug-likeness (QED) is 0.280. The second-order valence-electron chi connectivity index (χ2n) is 9.37. The lowest BCUT2D eigenvalue weighted by atomic mass is 10.3. The van der Waals surface area contributed by atoms with E-state index in [1.165, 1.54) is 4.31 Å². The summed E-state index contributed by atoms with van der Waals surface area (Å²) in [7, 11) is -3.56. The number of aromatic amines is 2. The monoisotopic (exact) mass is 522 g/mol. The summed E-state index contributed by atoms with van der Waals surface area (Å²) < 4.78 is 29.2. The van der Waals surface area contributed by atoms with Crippen molar-refractivity contribution in [1.29, 1.82) is 0 Å². The van der Waals surface area contributed by atoms with Crippen LogP contribution in [-0.2, 0) is 10.0 Å². The van der Waals surface area contributed by atoms with E-state index in [2.05, 4.69) is 20.4 Å². The Bertz CT molecular complexity index is 1760. The maximum absolute atomic E-state index is 13.0. The normalized spacial score (nSPS) is 17.7. The molecule has 2 fully saturated rings. The number of imidazole rings is 1. The molecule has 3 aromatic heterocycles. The molecule has 1 aliphatic carbocycles. The standard InChI is InChI=1S/C24H26N8O4S/c33-23-19(28-24(34)30-23)10-16-14-26-32-21(25-13-15-6-7-15)12-20(29-22(16)32)27-17-4-3-5-18(11-17)37(35,36)31-8-1-2-9-31/h3-5,10-12,14-15,27,33H,1-2,6-9,13H2,(H2,28,30,34). The van der Waals surface area contributed by atoms with Crippen molar-refractivity contribution in [2.75, 3.05) is 25.0 Å². The van der Waals surface area contributed by atoms with Crippen molar-refractivity contribution in [2.45, 2.75) is 30.6 Å². The number of sulfonamides is 1. The van der Waals surface area contributed by atoms with Crippen LogP contribution in [0.25, 0.3) is 11.7 Å². The Morgan fingerprint density at radius 2 is 2.00 bits per heavy atom. The Morgan fingerprint density at radius 1 is 1.19 bits per heavy atom. The lowest BCUT2D eigenvalue weighted by Crippen LogP contribution is -2.27. The molecule has 0 bridgehead atoms. The molecular weight excluding hydrogens is 496 g/mol. The van der Waals surface area contributed by atoms with Crippen LogP contribution in [0.2, 0.25) is 0 Å². The van der Waals surface area contributed by atoms with Crippen LogP contribution < -0.4 is 21.7 Å². The highest BCUT2D eigenvalue weighted by Crippen LogP contribution is 2.28. The van der Waals surface area contributed by atoms with E-state index >= 15 is 0 Å². The summed E-state index contributed by atoms with van der Waals surface area (Å²) in [6.45, 7) is 1.74. The summed E-state index contributed by atoms with van der Waals surface area (Å²) in [5.41, 5.74) is 1.30. The van der Waals surface area contributed by atoms with Gasteiger partial charge in [0.2, 0.25) is 15.9 Å². The molecule has 13 heteroatoms. The van der Waals surface area contributed by atoms with Crippen LogP contribution in [0, 0.1) is 5.92 Å². The number of nitrogens with zero attached hydrogens (tertiary/aromatic N) is 5. The Labute approximate surface area is 211 Å². The van der Waals surface area contributed by atoms with Gasteiger partial charge < -0.3 is 15.4 Å². The van der Waals surface area contributed by atoms with Crippen LogP contribution in [0.3, 0.4) is 0 Å². The number of hydrogen-bond donors (Lipinski definition) is 4. The van der Waals surface area contributed by atoms with Crippen molar-refractivity contribution >= 4 is 33.3 Å². The zero-order valence-corrected chi connectivity index (χ0v) is 20.7. The third-order valence-electron chi connectivity index (χ3n) is 6.53. The molecule has 6 rings (SSSR count). The van der Waals surface area contributed by atoms with E-state index in [0.717, 1.165) is 25.7 Å². The SMILES string of the molecule is O=c1[nH]c(O)c(C=c2cnn3c(=NCC4CC4)cc(Nc4cccc(S(=O)(=O)N5CCCC5)c4)nc23)[nH]1. The highest BCUT2D eigenvalue weighted by Gasteiger charge is 2.27. The van der Waals surface area contributed by atoms with Crippen LogP contribution in [0.5, 0.6) is 5.88 Å². The number of H-pyrrole nitrogens is 2. The number of benzene rings is 1. The van der Waals surface area contributed by atoms with Gasteiger partial charge in [-0.1, -0.05) is 6.07 Å². The molecule has 1 saturated carbocycles. The summed E-state index contributed by atoms with van der Waals surface area (Å²) in [4.78, 5) is 26.0. The summed E-state index contributed by atoms with van der Waals surface area (Å²) in [6, 6.07) is 8.45. The van der Waals surface area contributed by atoms with Crippen LogP contribution in [0.15, 0.2) is 51.2 Å². The van der Waals surface area contributed by atoms with Gasteiger partial charge in [-0.2, -0.15) is 13.9 Å². The molecule has 4 aromatic rings. The molecule has 37 heavy (non-hydrogen) atoms. The third-order valence-corrected chi connectivity index (χ3v) is 8.43. The fraction of sp³-hybridized carbons (Fsp3) is 0.333. The van der Waals surface area contributed by atoms with Crippen molar-refractivity contribution in [3.05, 3.63) is 63.4 Å². The van der Waals surface area contributed by atoms with Gasteiger partial charge in [-0.25, -0.2) is 18.2 Å². The van der Waals surface area contributed by atoms with Crippen molar-refractivity contribution in [3.63, 3.8) is 0 Å². The molecule has 1 aliphatic heterocycles. The van der Waals surface area contributed by atoms with Crippen molar-refractivity contribution in [1.82, 2.24) is 28.9 Å². The van der Waals surface area contributed by atoms with E-state index in [1.54, 1.807) is 47.1 Å². The smallest absolute Gasteiger partial charge is 0.326 e. The molecule has 192 valence electrons. The van der Waals surface area contributed by atoms with Gasteiger partial charge in [0.1, 0.15) is 11.5 Å². The van der Waals surface area contributed by atoms with Crippen LogP contribution in [0.1, 0.15) is 31.4 Å². The van der Waals surface area contributed by atoms with Gasteiger partial charge in [-0.15, -0.1) is 0 Å². The first kappa shape index (κ1) is 23.4. The maximum atomic E-state index is 13.0. The van der Waals surface area contributed by atoms with E-state index in [0.29, 0.717) is 53.4 Å². The summed E-state index contributed by atoms with van der Waals surface area (Å²) in [6.07, 6.45) is 7.19. The van der Waals surface area contributed by atoms with Crippen molar-refractivity contribution in [2.24, 2.45) is 10.9 Å². The molecule has 0 unspecified atom stereocenters. The van der Waals surface area contributed by atoms with E-state index in [-0.39, 0.29) is 16.5 Å². The molecule has 1 saturated heterocycles. The van der Waals surface area contributed by atoms with Gasteiger partial charge in [0, 0.05) is 36.6 Å². The predicted octanol–water partition coefficient (Wildman–Crippen LogP) is 0.838. The first-order valence-corrected chi connectivity index (χ1v) is 13.6. The number of fused-ring (bicyclic) bond motifs is 1. The Hall–Kier alpha value is -3.97. The van der Waals surface area contributed by atoms with Gasteiger partial charge >= 0.3 is 5.69 Å². The minimum absolute atomic E-state index is 0.205. The van der Waals surface area contributed by atoms with Crippen LogP contribution >= 0.6 is 0 Å². The number of rotatable bonds is 7. The minimum atomic E-state index is -3.56. The van der Waals surface area contributed by atoms with Crippen LogP contribution in [-0.4, -0.2) is 62.0 Å². The first-order chi connectivity index (χ1) is 17.9. The zero-order valence-electron chi connectivity index (χ0n) is 19.9. The minimum Gasteiger partial charge on any atom is -0.493 e. The summed E-state index contributed by atoms with van der Waals surface area (Å²) >= 11 is 0. The topological polar surface area (TPSA) is 161 Å².